The van der Waals surface area contributed by atoms with Gasteiger partial charge in [-0.2, -0.15) is 0 Å². The van der Waals surface area contributed by atoms with E-state index in [1.807, 2.05) is 0 Å². The second-order valence-corrected chi connectivity index (χ2v) is 5.56. The van der Waals surface area contributed by atoms with Crippen LogP contribution in [-0.4, -0.2) is 18.0 Å². The molecule has 1 amide bonds. The van der Waals surface area contributed by atoms with Gasteiger partial charge in [-0.05, 0) is 31.6 Å². The van der Waals surface area contributed by atoms with Crippen LogP contribution in [0.3, 0.4) is 0 Å². The Hall–Kier alpha value is -0.570. The molecule has 0 spiro atoms. The number of nitrogens with two attached hydrogens (primary N) is 1. The van der Waals surface area contributed by atoms with Gasteiger partial charge in [0.2, 0.25) is 5.91 Å². The molecule has 92 valence electrons. The van der Waals surface area contributed by atoms with E-state index in [9.17, 15) is 4.79 Å². The predicted octanol–water partition coefficient (Wildman–Crippen LogP) is 1.95. The van der Waals surface area contributed by atoms with Gasteiger partial charge >= 0.3 is 0 Å². The maximum Gasteiger partial charge on any atom is 0.240 e. The molecule has 0 bridgehead atoms. The lowest BCUT2D eigenvalue weighted by Crippen LogP contribution is -2.58. The number of rotatable bonds is 4. The van der Waals surface area contributed by atoms with Crippen molar-refractivity contribution in [3.8, 4) is 0 Å². The summed E-state index contributed by atoms with van der Waals surface area (Å²) in [6, 6.07) is 0. The van der Waals surface area contributed by atoms with Crippen molar-refractivity contribution in [3.63, 3.8) is 0 Å². The van der Waals surface area contributed by atoms with Gasteiger partial charge in [-0.3, -0.25) is 4.79 Å². The molecule has 0 heterocycles. The molecule has 0 unspecified atom stereocenters. The highest BCUT2D eigenvalue weighted by Gasteiger charge is 2.39. The molecule has 0 aliphatic heterocycles. The first kappa shape index (κ1) is 11.9. The van der Waals surface area contributed by atoms with E-state index in [4.69, 9.17) is 5.73 Å². The largest absolute Gasteiger partial charge is 0.354 e. The Morgan fingerprint density at radius 1 is 1.19 bits per heavy atom. The maximum atomic E-state index is 11.8. The van der Waals surface area contributed by atoms with Crippen molar-refractivity contribution in [2.75, 3.05) is 6.54 Å². The van der Waals surface area contributed by atoms with Gasteiger partial charge in [0.05, 0.1) is 5.54 Å². The molecular formula is C13H24N2O. The maximum absolute atomic E-state index is 11.8. The van der Waals surface area contributed by atoms with Crippen LogP contribution in [-0.2, 0) is 4.79 Å². The monoisotopic (exact) mass is 224 g/mol. The fourth-order valence-corrected chi connectivity index (χ4v) is 2.83. The number of carbonyl (C=O) groups excluding carboxylic acids is 1. The van der Waals surface area contributed by atoms with Crippen LogP contribution in [0.1, 0.15) is 57.8 Å². The van der Waals surface area contributed by atoms with Crippen LogP contribution in [0.5, 0.6) is 0 Å². The fourth-order valence-electron chi connectivity index (χ4n) is 2.83. The van der Waals surface area contributed by atoms with Crippen molar-refractivity contribution < 1.29 is 4.79 Å². The van der Waals surface area contributed by atoms with Crippen molar-refractivity contribution in [2.45, 2.75) is 63.3 Å². The van der Waals surface area contributed by atoms with Gasteiger partial charge in [-0.25, -0.2) is 0 Å². The Balaban J connectivity index is 1.61. The van der Waals surface area contributed by atoms with Gasteiger partial charge in [0.15, 0.2) is 0 Å². The summed E-state index contributed by atoms with van der Waals surface area (Å²) in [4.78, 5) is 11.8. The lowest BCUT2D eigenvalue weighted by atomic mass is 9.77. The summed E-state index contributed by atoms with van der Waals surface area (Å²) < 4.78 is 0. The summed E-state index contributed by atoms with van der Waals surface area (Å²) in [6.07, 6.45) is 10.8. The van der Waals surface area contributed by atoms with E-state index in [0.717, 1.165) is 38.1 Å². The minimum atomic E-state index is -0.521. The molecule has 0 radical (unpaired) electrons. The van der Waals surface area contributed by atoms with Gasteiger partial charge in [-0.15, -0.1) is 0 Å². The minimum Gasteiger partial charge on any atom is -0.354 e. The molecule has 2 fully saturated rings. The lowest BCUT2D eigenvalue weighted by Gasteiger charge is -2.36. The van der Waals surface area contributed by atoms with Crippen LogP contribution in [0.2, 0.25) is 0 Å². The molecule has 0 aromatic heterocycles. The smallest absolute Gasteiger partial charge is 0.240 e. The van der Waals surface area contributed by atoms with Crippen LogP contribution < -0.4 is 11.1 Å². The predicted molar refractivity (Wildman–Crippen MR) is 65.0 cm³/mol. The van der Waals surface area contributed by atoms with Crippen molar-refractivity contribution in [2.24, 2.45) is 11.7 Å². The zero-order chi connectivity index (χ0) is 11.4. The summed E-state index contributed by atoms with van der Waals surface area (Å²) in [5, 5.41) is 3.01. The molecule has 0 atom stereocenters. The number of hydrogen-bond acceptors (Lipinski definition) is 2. The number of amides is 1. The van der Waals surface area contributed by atoms with Crippen LogP contribution in [0.15, 0.2) is 0 Å². The summed E-state index contributed by atoms with van der Waals surface area (Å²) in [5.41, 5.74) is 5.43. The summed E-state index contributed by atoms with van der Waals surface area (Å²) in [5.74, 6) is 0.915. The number of hydrogen-bond donors (Lipinski definition) is 2. The van der Waals surface area contributed by atoms with Crippen molar-refractivity contribution in [3.05, 3.63) is 0 Å². The Morgan fingerprint density at radius 2 is 1.88 bits per heavy atom. The first-order valence-corrected chi connectivity index (χ1v) is 6.78. The standard InChI is InChI=1S/C13H24N2O/c14-13(8-4-9-13)12(16)15-10-7-11-5-2-1-3-6-11/h11H,1-10,14H2,(H,15,16). The van der Waals surface area contributed by atoms with Gasteiger partial charge < -0.3 is 11.1 Å². The van der Waals surface area contributed by atoms with Crippen molar-refractivity contribution in [1.29, 1.82) is 0 Å². The lowest BCUT2D eigenvalue weighted by molar-refractivity contribution is -0.129. The average molecular weight is 224 g/mol. The molecule has 3 heteroatoms. The van der Waals surface area contributed by atoms with Crippen LogP contribution in [0.25, 0.3) is 0 Å². The fraction of sp³-hybridized carbons (Fsp3) is 0.923. The summed E-state index contributed by atoms with van der Waals surface area (Å²) in [6.45, 7) is 0.822. The van der Waals surface area contributed by atoms with E-state index in [0.29, 0.717) is 0 Å². The molecule has 3 N–H and O–H groups in total. The third-order valence-corrected chi connectivity index (χ3v) is 4.26. The minimum absolute atomic E-state index is 0.0783. The molecular weight excluding hydrogens is 200 g/mol. The highest BCUT2D eigenvalue weighted by Crippen LogP contribution is 2.29. The number of nitrogens with one attached hydrogen (secondary N) is 1. The highest BCUT2D eigenvalue weighted by atomic mass is 16.2. The zero-order valence-corrected chi connectivity index (χ0v) is 10.1. The van der Waals surface area contributed by atoms with Crippen LogP contribution >= 0.6 is 0 Å². The molecule has 0 aromatic rings. The Morgan fingerprint density at radius 3 is 2.44 bits per heavy atom. The van der Waals surface area contributed by atoms with E-state index in [-0.39, 0.29) is 5.91 Å². The van der Waals surface area contributed by atoms with Crippen LogP contribution in [0, 0.1) is 5.92 Å². The molecule has 0 aromatic carbocycles. The Labute approximate surface area is 98.2 Å². The third-order valence-electron chi connectivity index (χ3n) is 4.26. The number of carbonyl (C=O) groups is 1. The molecule has 16 heavy (non-hydrogen) atoms. The zero-order valence-electron chi connectivity index (χ0n) is 10.1. The normalized spacial score (nSPS) is 24.8. The van der Waals surface area contributed by atoms with Crippen LogP contribution in [0.4, 0.5) is 0 Å². The van der Waals surface area contributed by atoms with E-state index >= 15 is 0 Å². The quantitative estimate of drug-likeness (QED) is 0.767. The summed E-state index contributed by atoms with van der Waals surface area (Å²) in [7, 11) is 0. The first-order chi connectivity index (χ1) is 7.71. The molecule has 2 saturated carbocycles. The molecule has 0 saturated heterocycles. The van der Waals surface area contributed by atoms with Gasteiger partial charge in [0.1, 0.15) is 0 Å². The van der Waals surface area contributed by atoms with E-state index in [2.05, 4.69) is 5.32 Å². The molecule has 2 aliphatic carbocycles. The van der Waals surface area contributed by atoms with Gasteiger partial charge in [-0.1, -0.05) is 32.1 Å². The van der Waals surface area contributed by atoms with Gasteiger partial charge in [0, 0.05) is 6.54 Å². The van der Waals surface area contributed by atoms with E-state index in [1.165, 1.54) is 32.1 Å². The second kappa shape index (κ2) is 5.17. The third kappa shape index (κ3) is 2.76. The average Bonchev–Trinajstić information content (AvgIpc) is 2.27. The van der Waals surface area contributed by atoms with Gasteiger partial charge in [0.25, 0.3) is 0 Å². The molecule has 2 aliphatic rings. The Kier molecular flexibility index (Phi) is 3.85. The second-order valence-electron chi connectivity index (χ2n) is 5.56. The topological polar surface area (TPSA) is 55.1 Å². The summed E-state index contributed by atoms with van der Waals surface area (Å²) >= 11 is 0. The molecule has 2 rings (SSSR count). The van der Waals surface area contributed by atoms with E-state index in [1.54, 1.807) is 0 Å². The molecule has 3 nitrogen and oxygen atoms in total. The SMILES string of the molecule is NC1(C(=O)NCCC2CCCCC2)CCC1. The van der Waals surface area contributed by atoms with Crippen molar-refractivity contribution >= 4 is 5.91 Å². The Bertz CT molecular complexity index is 242. The van der Waals surface area contributed by atoms with E-state index < -0.39 is 5.54 Å². The van der Waals surface area contributed by atoms with Crippen molar-refractivity contribution in [1.82, 2.24) is 5.32 Å². The highest BCUT2D eigenvalue weighted by molar-refractivity contribution is 5.86. The first-order valence-electron chi connectivity index (χ1n) is 6.78.